The summed E-state index contributed by atoms with van der Waals surface area (Å²) in [4.78, 5) is 11.5. The standard InChI is InChI=1S/C16H25NO3/c1-2-3-4-5-6-7-8-13-9-10-14(16(19)12-18)15(11-13)17-20/h9-11,14,18,20H,2-8,12H2,1H3. The fraction of sp³-hybridized carbons (Fsp3) is 0.625. The molecule has 0 heterocycles. The van der Waals surface area contributed by atoms with Gasteiger partial charge in [0.1, 0.15) is 6.61 Å². The lowest BCUT2D eigenvalue weighted by molar-refractivity contribution is -0.122. The second-order valence-corrected chi connectivity index (χ2v) is 5.22. The van der Waals surface area contributed by atoms with Crippen molar-refractivity contribution in [3.05, 3.63) is 23.8 Å². The molecule has 0 spiro atoms. The lowest BCUT2D eigenvalue weighted by Gasteiger charge is -2.15. The van der Waals surface area contributed by atoms with Crippen LogP contribution in [0.25, 0.3) is 0 Å². The van der Waals surface area contributed by atoms with Gasteiger partial charge in [-0.15, -0.1) is 0 Å². The average molecular weight is 279 g/mol. The number of carbonyl (C=O) groups excluding carboxylic acids is 1. The van der Waals surface area contributed by atoms with Gasteiger partial charge in [-0.05, 0) is 24.5 Å². The molecule has 0 aromatic heterocycles. The van der Waals surface area contributed by atoms with E-state index in [1.54, 1.807) is 12.2 Å². The van der Waals surface area contributed by atoms with Crippen molar-refractivity contribution in [3.8, 4) is 0 Å². The number of rotatable bonds is 9. The molecule has 0 aromatic rings. The highest BCUT2D eigenvalue weighted by Gasteiger charge is 2.23. The zero-order valence-corrected chi connectivity index (χ0v) is 12.2. The van der Waals surface area contributed by atoms with Crippen LogP contribution in [0.4, 0.5) is 0 Å². The Hall–Kier alpha value is -1.42. The summed E-state index contributed by atoms with van der Waals surface area (Å²) in [6, 6.07) is 0. The summed E-state index contributed by atoms with van der Waals surface area (Å²) in [6.07, 6.45) is 13.7. The SMILES string of the molecule is CCCCCCCCC1=CC(=NO)C(C(=O)CO)C=C1. The Morgan fingerprint density at radius 3 is 2.60 bits per heavy atom. The molecule has 0 amide bonds. The number of ketones is 1. The van der Waals surface area contributed by atoms with E-state index < -0.39 is 12.5 Å². The molecule has 1 rings (SSSR count). The van der Waals surface area contributed by atoms with Gasteiger partial charge < -0.3 is 10.3 Å². The summed E-state index contributed by atoms with van der Waals surface area (Å²) in [6.45, 7) is 1.67. The lowest BCUT2D eigenvalue weighted by Crippen LogP contribution is -2.25. The predicted molar refractivity (Wildman–Crippen MR) is 80.0 cm³/mol. The molecule has 0 aromatic carbocycles. The number of nitrogens with zero attached hydrogens (tertiary/aromatic N) is 1. The smallest absolute Gasteiger partial charge is 0.171 e. The molecular weight excluding hydrogens is 254 g/mol. The third-order valence-electron chi connectivity index (χ3n) is 3.59. The van der Waals surface area contributed by atoms with E-state index in [1.165, 1.54) is 32.1 Å². The van der Waals surface area contributed by atoms with E-state index in [0.29, 0.717) is 5.71 Å². The predicted octanol–water partition coefficient (Wildman–Crippen LogP) is 3.24. The quantitative estimate of drug-likeness (QED) is 0.387. The first-order chi connectivity index (χ1) is 9.72. The normalized spacial score (nSPS) is 20.2. The van der Waals surface area contributed by atoms with Crippen LogP contribution in [0.2, 0.25) is 0 Å². The van der Waals surface area contributed by atoms with Crippen LogP contribution in [0.15, 0.2) is 29.0 Å². The Morgan fingerprint density at radius 1 is 1.25 bits per heavy atom. The summed E-state index contributed by atoms with van der Waals surface area (Å²) >= 11 is 0. The van der Waals surface area contributed by atoms with Gasteiger partial charge in [0.2, 0.25) is 0 Å². The van der Waals surface area contributed by atoms with Gasteiger partial charge in [-0.3, -0.25) is 4.79 Å². The van der Waals surface area contributed by atoms with Crippen molar-refractivity contribution in [3.63, 3.8) is 0 Å². The zero-order valence-electron chi connectivity index (χ0n) is 12.2. The molecule has 1 aliphatic rings. The Bertz CT molecular complexity index is 397. The zero-order chi connectivity index (χ0) is 14.8. The third kappa shape index (κ3) is 5.29. The number of unbranched alkanes of at least 4 members (excludes halogenated alkanes) is 5. The maximum Gasteiger partial charge on any atom is 0.171 e. The second-order valence-electron chi connectivity index (χ2n) is 5.22. The van der Waals surface area contributed by atoms with E-state index in [1.807, 2.05) is 6.08 Å². The largest absolute Gasteiger partial charge is 0.411 e. The van der Waals surface area contributed by atoms with Gasteiger partial charge in [0.15, 0.2) is 5.78 Å². The Morgan fingerprint density at radius 2 is 1.95 bits per heavy atom. The summed E-state index contributed by atoms with van der Waals surface area (Å²) < 4.78 is 0. The molecule has 0 saturated carbocycles. The maximum atomic E-state index is 11.5. The van der Waals surface area contributed by atoms with Crippen molar-refractivity contribution in [2.45, 2.75) is 51.9 Å². The van der Waals surface area contributed by atoms with Crippen molar-refractivity contribution in [1.29, 1.82) is 0 Å². The van der Waals surface area contributed by atoms with Crippen LogP contribution in [0.1, 0.15) is 51.9 Å². The van der Waals surface area contributed by atoms with E-state index in [4.69, 9.17) is 10.3 Å². The molecule has 1 aliphatic carbocycles. The molecule has 0 radical (unpaired) electrons. The minimum Gasteiger partial charge on any atom is -0.411 e. The van der Waals surface area contributed by atoms with Crippen LogP contribution in [-0.4, -0.2) is 28.4 Å². The highest BCUT2D eigenvalue weighted by molar-refractivity contribution is 6.13. The van der Waals surface area contributed by atoms with Crippen LogP contribution >= 0.6 is 0 Å². The first-order valence-corrected chi connectivity index (χ1v) is 7.47. The van der Waals surface area contributed by atoms with Gasteiger partial charge in [0.25, 0.3) is 0 Å². The molecule has 4 heteroatoms. The van der Waals surface area contributed by atoms with Crippen molar-refractivity contribution in [2.24, 2.45) is 11.1 Å². The van der Waals surface area contributed by atoms with Gasteiger partial charge in [-0.25, -0.2) is 0 Å². The molecule has 20 heavy (non-hydrogen) atoms. The lowest BCUT2D eigenvalue weighted by atomic mass is 9.89. The van der Waals surface area contributed by atoms with Crippen LogP contribution in [-0.2, 0) is 4.79 Å². The fourth-order valence-corrected chi connectivity index (χ4v) is 2.37. The number of Topliss-reactive ketones (excluding diaryl/α,β-unsaturated/α-hetero) is 1. The molecule has 0 fully saturated rings. The Balaban J connectivity index is 2.40. The van der Waals surface area contributed by atoms with Crippen molar-refractivity contribution in [1.82, 2.24) is 0 Å². The highest BCUT2D eigenvalue weighted by Crippen LogP contribution is 2.20. The fourth-order valence-electron chi connectivity index (χ4n) is 2.37. The summed E-state index contributed by atoms with van der Waals surface area (Å²) in [7, 11) is 0. The van der Waals surface area contributed by atoms with Gasteiger partial charge >= 0.3 is 0 Å². The van der Waals surface area contributed by atoms with E-state index in [2.05, 4.69) is 12.1 Å². The molecule has 112 valence electrons. The maximum absolute atomic E-state index is 11.5. The van der Waals surface area contributed by atoms with Crippen LogP contribution < -0.4 is 0 Å². The number of aliphatic hydroxyl groups excluding tert-OH is 1. The van der Waals surface area contributed by atoms with E-state index in [-0.39, 0.29) is 5.78 Å². The molecule has 2 N–H and O–H groups in total. The minimum atomic E-state index is -0.613. The van der Waals surface area contributed by atoms with Crippen LogP contribution in [0.3, 0.4) is 0 Å². The Labute approximate surface area is 120 Å². The number of oxime groups is 1. The first-order valence-electron chi connectivity index (χ1n) is 7.47. The number of hydrogen-bond acceptors (Lipinski definition) is 4. The molecule has 1 atom stereocenters. The molecule has 0 saturated heterocycles. The van der Waals surface area contributed by atoms with Gasteiger partial charge in [-0.2, -0.15) is 0 Å². The van der Waals surface area contributed by atoms with Crippen LogP contribution in [0.5, 0.6) is 0 Å². The monoisotopic (exact) mass is 279 g/mol. The number of allylic oxidation sites excluding steroid dienone is 4. The molecule has 1 unspecified atom stereocenters. The van der Waals surface area contributed by atoms with Crippen molar-refractivity contribution >= 4 is 11.5 Å². The van der Waals surface area contributed by atoms with Crippen LogP contribution in [0, 0.1) is 5.92 Å². The topological polar surface area (TPSA) is 69.9 Å². The van der Waals surface area contributed by atoms with Gasteiger partial charge in [0, 0.05) is 0 Å². The van der Waals surface area contributed by atoms with E-state index >= 15 is 0 Å². The van der Waals surface area contributed by atoms with E-state index in [9.17, 15) is 4.79 Å². The summed E-state index contributed by atoms with van der Waals surface area (Å²) in [5, 5.41) is 21.0. The summed E-state index contributed by atoms with van der Waals surface area (Å²) in [5.41, 5.74) is 1.41. The number of hydrogen-bond donors (Lipinski definition) is 2. The van der Waals surface area contributed by atoms with Gasteiger partial charge in [0.05, 0.1) is 11.6 Å². The molecule has 0 aliphatic heterocycles. The van der Waals surface area contributed by atoms with Crippen molar-refractivity contribution in [2.75, 3.05) is 6.61 Å². The third-order valence-corrected chi connectivity index (χ3v) is 3.59. The summed E-state index contributed by atoms with van der Waals surface area (Å²) in [5.74, 6) is -0.956. The number of carbonyl (C=O) groups is 1. The van der Waals surface area contributed by atoms with Gasteiger partial charge in [-0.1, -0.05) is 56.3 Å². The minimum absolute atomic E-state index is 0.326. The number of aliphatic hydroxyl groups is 1. The Kier molecular flexibility index (Phi) is 7.88. The molecular formula is C16H25NO3. The molecule has 0 bridgehead atoms. The second kappa shape index (κ2) is 9.48. The molecule has 4 nitrogen and oxygen atoms in total. The first kappa shape index (κ1) is 16.6. The average Bonchev–Trinajstić information content (AvgIpc) is 2.49. The van der Waals surface area contributed by atoms with E-state index in [0.717, 1.165) is 18.4 Å². The highest BCUT2D eigenvalue weighted by atomic mass is 16.4. The van der Waals surface area contributed by atoms with Crippen molar-refractivity contribution < 1.29 is 15.1 Å².